The Labute approximate surface area is 75.6 Å². The number of alkyl halides is 1. The first-order chi connectivity index (χ1) is 6.19. The topological polar surface area (TPSA) is 23.8 Å². The molecule has 0 fully saturated rings. The summed E-state index contributed by atoms with van der Waals surface area (Å²) in [5.41, 5.74) is 0.654. The van der Waals surface area contributed by atoms with Crippen molar-refractivity contribution in [3.8, 4) is 6.07 Å². The average molecular weight is 180 g/mol. The predicted octanol–water partition coefficient (Wildman–Crippen LogP) is 2.61. The van der Waals surface area contributed by atoms with Crippen molar-refractivity contribution in [2.24, 2.45) is 0 Å². The van der Waals surface area contributed by atoms with E-state index in [1.807, 2.05) is 6.07 Å². The number of nitrogens with zero attached hydrogens (tertiary/aromatic N) is 1. The molecule has 0 spiro atoms. The minimum atomic E-state index is -0.669. The molecule has 0 heterocycles. The normalized spacial score (nSPS) is 10.1. The van der Waals surface area contributed by atoms with Gasteiger partial charge in [0.25, 0.3) is 0 Å². The summed E-state index contributed by atoms with van der Waals surface area (Å²) in [7, 11) is 0. The van der Waals surface area contributed by atoms with Gasteiger partial charge in [0.2, 0.25) is 0 Å². The minimum absolute atomic E-state index is 0.302. The Kier molecular flexibility index (Phi) is 2.97. The lowest BCUT2D eigenvalue weighted by molar-refractivity contribution is 0.515. The SMILES string of the molecule is C[C](CF)c1cc(F)ccc1C#N. The van der Waals surface area contributed by atoms with Gasteiger partial charge >= 0.3 is 0 Å². The Morgan fingerprint density at radius 2 is 2.23 bits per heavy atom. The zero-order valence-electron chi connectivity index (χ0n) is 7.14. The van der Waals surface area contributed by atoms with E-state index >= 15 is 0 Å². The highest BCUT2D eigenvalue weighted by atomic mass is 19.1. The van der Waals surface area contributed by atoms with Crippen molar-refractivity contribution in [2.45, 2.75) is 6.92 Å². The van der Waals surface area contributed by atoms with Gasteiger partial charge in [0.15, 0.2) is 0 Å². The van der Waals surface area contributed by atoms with Gasteiger partial charge in [-0.2, -0.15) is 5.26 Å². The Balaban J connectivity index is 3.17. The van der Waals surface area contributed by atoms with Crippen LogP contribution in [0.25, 0.3) is 0 Å². The molecule has 0 saturated heterocycles. The summed E-state index contributed by atoms with van der Waals surface area (Å²) in [5.74, 6) is -0.0853. The number of hydrogen-bond donors (Lipinski definition) is 0. The maximum Gasteiger partial charge on any atom is 0.123 e. The van der Waals surface area contributed by atoms with Crippen LogP contribution in [0, 0.1) is 23.1 Å². The van der Waals surface area contributed by atoms with Gasteiger partial charge in [0, 0.05) is 5.92 Å². The van der Waals surface area contributed by atoms with Crippen molar-refractivity contribution < 1.29 is 8.78 Å². The first kappa shape index (κ1) is 9.66. The fourth-order valence-corrected chi connectivity index (χ4v) is 1.04. The second-order valence-corrected chi connectivity index (χ2v) is 2.72. The van der Waals surface area contributed by atoms with E-state index in [2.05, 4.69) is 0 Å². The van der Waals surface area contributed by atoms with Crippen molar-refractivity contribution in [3.63, 3.8) is 0 Å². The number of nitriles is 1. The van der Waals surface area contributed by atoms with Crippen LogP contribution in [0.4, 0.5) is 8.78 Å². The van der Waals surface area contributed by atoms with E-state index in [4.69, 9.17) is 5.26 Å². The highest BCUT2D eigenvalue weighted by Crippen LogP contribution is 2.20. The van der Waals surface area contributed by atoms with Crippen LogP contribution in [0.1, 0.15) is 18.1 Å². The van der Waals surface area contributed by atoms with Gasteiger partial charge in [-0.15, -0.1) is 0 Å². The number of rotatable bonds is 2. The van der Waals surface area contributed by atoms with Gasteiger partial charge < -0.3 is 0 Å². The Morgan fingerprint density at radius 1 is 1.54 bits per heavy atom. The molecule has 1 radical (unpaired) electrons. The predicted molar refractivity (Wildman–Crippen MR) is 45.1 cm³/mol. The van der Waals surface area contributed by atoms with Gasteiger partial charge in [-0.05, 0) is 23.8 Å². The second-order valence-electron chi connectivity index (χ2n) is 2.72. The maximum absolute atomic E-state index is 12.7. The maximum atomic E-state index is 12.7. The van der Waals surface area contributed by atoms with E-state index in [1.165, 1.54) is 25.1 Å². The lowest BCUT2D eigenvalue weighted by atomic mass is 9.97. The summed E-state index contributed by atoms with van der Waals surface area (Å²) in [5, 5.41) is 8.65. The van der Waals surface area contributed by atoms with Crippen LogP contribution in [0.5, 0.6) is 0 Å². The standard InChI is InChI=1S/C10H8F2N/c1-7(5-11)10-4-9(12)3-2-8(10)6-13/h2-4H,5H2,1H3. The molecule has 0 N–H and O–H groups in total. The zero-order chi connectivity index (χ0) is 9.84. The summed E-state index contributed by atoms with van der Waals surface area (Å²) in [6.45, 7) is 0.869. The highest BCUT2D eigenvalue weighted by Gasteiger charge is 2.11. The lowest BCUT2D eigenvalue weighted by Gasteiger charge is -2.07. The highest BCUT2D eigenvalue weighted by molar-refractivity contribution is 5.45. The number of benzene rings is 1. The van der Waals surface area contributed by atoms with Crippen molar-refractivity contribution in [2.75, 3.05) is 6.67 Å². The van der Waals surface area contributed by atoms with Crippen LogP contribution < -0.4 is 0 Å². The lowest BCUT2D eigenvalue weighted by Crippen LogP contribution is -2.00. The zero-order valence-corrected chi connectivity index (χ0v) is 7.14. The first-order valence-electron chi connectivity index (χ1n) is 3.77. The summed E-state index contributed by atoms with van der Waals surface area (Å²) < 4.78 is 25.0. The summed E-state index contributed by atoms with van der Waals surface area (Å²) in [6, 6.07) is 5.60. The third-order valence-corrected chi connectivity index (χ3v) is 1.76. The molecule has 0 bridgehead atoms. The number of hydrogen-bond acceptors (Lipinski definition) is 1. The van der Waals surface area contributed by atoms with Crippen molar-refractivity contribution in [1.29, 1.82) is 5.26 Å². The molecule has 1 aromatic rings. The molecule has 0 amide bonds. The van der Waals surface area contributed by atoms with E-state index < -0.39 is 12.5 Å². The summed E-state index contributed by atoms with van der Waals surface area (Å²) in [6.07, 6.45) is 0. The van der Waals surface area contributed by atoms with Gasteiger partial charge in [-0.25, -0.2) is 4.39 Å². The van der Waals surface area contributed by atoms with Gasteiger partial charge in [0.1, 0.15) is 5.82 Å². The molecule has 1 rings (SSSR count). The number of halogens is 2. The molecule has 67 valence electrons. The largest absolute Gasteiger partial charge is 0.250 e. The third kappa shape index (κ3) is 2.03. The molecule has 13 heavy (non-hydrogen) atoms. The summed E-state index contributed by atoms with van der Waals surface area (Å²) in [4.78, 5) is 0. The molecule has 0 atom stereocenters. The Bertz CT molecular complexity index is 341. The van der Waals surface area contributed by atoms with Crippen molar-refractivity contribution >= 4 is 0 Å². The third-order valence-electron chi connectivity index (χ3n) is 1.76. The molecule has 1 nitrogen and oxygen atoms in total. The molecule has 0 aliphatic carbocycles. The van der Waals surface area contributed by atoms with Crippen molar-refractivity contribution in [3.05, 3.63) is 41.1 Å². The van der Waals surface area contributed by atoms with E-state index in [0.29, 0.717) is 17.0 Å². The van der Waals surface area contributed by atoms with Crippen LogP contribution >= 0.6 is 0 Å². The van der Waals surface area contributed by atoms with Gasteiger partial charge in [0.05, 0.1) is 18.3 Å². The molecular formula is C10H8F2N. The molecule has 0 saturated carbocycles. The van der Waals surface area contributed by atoms with Gasteiger partial charge in [-0.1, -0.05) is 6.92 Å². The van der Waals surface area contributed by atoms with Crippen molar-refractivity contribution in [1.82, 2.24) is 0 Å². The van der Waals surface area contributed by atoms with Gasteiger partial charge in [-0.3, -0.25) is 4.39 Å². The molecule has 3 heteroatoms. The molecular weight excluding hydrogens is 172 g/mol. The average Bonchev–Trinajstić information content (AvgIpc) is 2.16. The van der Waals surface area contributed by atoms with Crippen LogP contribution in [0.15, 0.2) is 18.2 Å². The van der Waals surface area contributed by atoms with E-state index in [0.717, 1.165) is 0 Å². The molecule has 0 aromatic heterocycles. The van der Waals surface area contributed by atoms with E-state index in [1.54, 1.807) is 0 Å². The molecule has 0 aliphatic rings. The molecule has 0 aliphatic heterocycles. The summed E-state index contributed by atoms with van der Waals surface area (Å²) >= 11 is 0. The van der Waals surface area contributed by atoms with E-state index in [-0.39, 0.29) is 0 Å². The molecule has 1 aromatic carbocycles. The fraction of sp³-hybridized carbons (Fsp3) is 0.200. The Morgan fingerprint density at radius 3 is 2.77 bits per heavy atom. The molecule has 0 unspecified atom stereocenters. The first-order valence-corrected chi connectivity index (χ1v) is 3.77. The van der Waals surface area contributed by atoms with Crippen LogP contribution in [0.2, 0.25) is 0 Å². The Hall–Kier alpha value is -1.43. The smallest absolute Gasteiger partial charge is 0.123 e. The fourth-order valence-electron chi connectivity index (χ4n) is 1.04. The van der Waals surface area contributed by atoms with Crippen LogP contribution in [0.3, 0.4) is 0 Å². The van der Waals surface area contributed by atoms with Crippen LogP contribution in [-0.4, -0.2) is 6.67 Å². The second kappa shape index (κ2) is 3.99. The van der Waals surface area contributed by atoms with Crippen LogP contribution in [-0.2, 0) is 0 Å². The van der Waals surface area contributed by atoms with E-state index in [9.17, 15) is 8.78 Å². The minimum Gasteiger partial charge on any atom is -0.250 e. The quantitative estimate of drug-likeness (QED) is 0.686. The monoisotopic (exact) mass is 180 g/mol.